The third-order valence-corrected chi connectivity index (χ3v) is 2.98. The van der Waals surface area contributed by atoms with Crippen LogP contribution in [0.4, 0.5) is 0 Å². The highest BCUT2D eigenvalue weighted by molar-refractivity contribution is 7.15. The standard InChI is InChI=1S/C7H8N4S2/c1-8-2-6-10-11-7(13-6)5-3-12-4-9-5/h3-4,8H,2H2,1H3. The Balaban J connectivity index is 2.23. The molecule has 0 aliphatic carbocycles. The number of nitrogens with zero attached hydrogens (tertiary/aromatic N) is 3. The van der Waals surface area contributed by atoms with Gasteiger partial charge in [0, 0.05) is 11.9 Å². The van der Waals surface area contributed by atoms with Crippen LogP contribution in [0, 0.1) is 0 Å². The van der Waals surface area contributed by atoms with Gasteiger partial charge in [-0.05, 0) is 7.05 Å². The van der Waals surface area contributed by atoms with Gasteiger partial charge in [-0.3, -0.25) is 0 Å². The SMILES string of the molecule is CNCc1nnc(-c2cscn2)s1. The maximum absolute atomic E-state index is 4.17. The topological polar surface area (TPSA) is 50.7 Å². The highest BCUT2D eigenvalue weighted by atomic mass is 32.1. The first-order valence-corrected chi connectivity index (χ1v) is 5.51. The van der Waals surface area contributed by atoms with Crippen molar-refractivity contribution in [3.8, 4) is 10.7 Å². The molecule has 0 radical (unpaired) electrons. The maximum atomic E-state index is 4.17. The van der Waals surface area contributed by atoms with E-state index in [0.29, 0.717) is 0 Å². The number of aromatic nitrogens is 3. The summed E-state index contributed by atoms with van der Waals surface area (Å²) >= 11 is 3.14. The first-order chi connectivity index (χ1) is 6.40. The van der Waals surface area contributed by atoms with Gasteiger partial charge in [-0.15, -0.1) is 21.5 Å². The van der Waals surface area contributed by atoms with Crippen molar-refractivity contribution in [1.82, 2.24) is 20.5 Å². The molecule has 6 heteroatoms. The van der Waals surface area contributed by atoms with Crippen LogP contribution in [0.25, 0.3) is 10.7 Å². The number of hydrogen-bond donors (Lipinski definition) is 1. The Bertz CT molecular complexity index is 368. The number of thiazole rings is 1. The summed E-state index contributed by atoms with van der Waals surface area (Å²) < 4.78 is 0. The largest absolute Gasteiger partial charge is 0.313 e. The maximum Gasteiger partial charge on any atom is 0.167 e. The van der Waals surface area contributed by atoms with Crippen molar-refractivity contribution in [3.05, 3.63) is 15.9 Å². The fraction of sp³-hybridized carbons (Fsp3) is 0.286. The molecule has 13 heavy (non-hydrogen) atoms. The van der Waals surface area contributed by atoms with E-state index >= 15 is 0 Å². The van der Waals surface area contributed by atoms with Crippen LogP contribution >= 0.6 is 22.7 Å². The minimum atomic E-state index is 0.766. The van der Waals surface area contributed by atoms with Crippen LogP contribution in [0.2, 0.25) is 0 Å². The van der Waals surface area contributed by atoms with Gasteiger partial charge in [-0.1, -0.05) is 11.3 Å². The monoisotopic (exact) mass is 212 g/mol. The molecule has 0 fully saturated rings. The molecule has 0 unspecified atom stereocenters. The van der Waals surface area contributed by atoms with E-state index in [2.05, 4.69) is 20.5 Å². The average Bonchev–Trinajstić information content (AvgIpc) is 2.70. The van der Waals surface area contributed by atoms with Gasteiger partial charge in [0.15, 0.2) is 5.01 Å². The molecular weight excluding hydrogens is 204 g/mol. The van der Waals surface area contributed by atoms with Crippen molar-refractivity contribution >= 4 is 22.7 Å². The van der Waals surface area contributed by atoms with Crippen LogP contribution in [-0.4, -0.2) is 22.2 Å². The molecule has 2 rings (SSSR count). The number of rotatable bonds is 3. The minimum Gasteiger partial charge on any atom is -0.313 e. The second-order valence-electron chi connectivity index (χ2n) is 2.40. The quantitative estimate of drug-likeness (QED) is 0.835. The summed E-state index contributed by atoms with van der Waals surface area (Å²) in [6, 6.07) is 0. The van der Waals surface area contributed by atoms with E-state index < -0.39 is 0 Å². The molecule has 0 aliphatic rings. The Morgan fingerprint density at radius 2 is 2.38 bits per heavy atom. The molecule has 68 valence electrons. The van der Waals surface area contributed by atoms with Crippen LogP contribution in [0.5, 0.6) is 0 Å². The van der Waals surface area contributed by atoms with Crippen LogP contribution in [-0.2, 0) is 6.54 Å². The van der Waals surface area contributed by atoms with E-state index in [0.717, 1.165) is 22.3 Å². The van der Waals surface area contributed by atoms with Crippen LogP contribution < -0.4 is 5.32 Å². The van der Waals surface area contributed by atoms with Gasteiger partial charge < -0.3 is 5.32 Å². The van der Waals surface area contributed by atoms with E-state index in [1.54, 1.807) is 28.2 Å². The second kappa shape index (κ2) is 3.91. The Hall–Kier alpha value is -0.850. The summed E-state index contributed by atoms with van der Waals surface area (Å²) in [6.07, 6.45) is 0. The third kappa shape index (κ3) is 1.90. The van der Waals surface area contributed by atoms with Crippen molar-refractivity contribution in [2.75, 3.05) is 7.05 Å². The van der Waals surface area contributed by atoms with Gasteiger partial charge in [0.2, 0.25) is 0 Å². The first-order valence-electron chi connectivity index (χ1n) is 3.75. The van der Waals surface area contributed by atoms with Gasteiger partial charge in [-0.2, -0.15) is 0 Å². The van der Waals surface area contributed by atoms with Gasteiger partial charge in [0.1, 0.15) is 10.7 Å². The van der Waals surface area contributed by atoms with Crippen molar-refractivity contribution in [1.29, 1.82) is 0 Å². The summed E-state index contributed by atoms with van der Waals surface area (Å²) in [7, 11) is 1.89. The molecular formula is C7H8N4S2. The van der Waals surface area contributed by atoms with Gasteiger partial charge in [-0.25, -0.2) is 4.98 Å². The Kier molecular flexibility index (Phi) is 2.62. The molecule has 0 atom stereocenters. The molecule has 0 saturated heterocycles. The first kappa shape index (κ1) is 8.74. The average molecular weight is 212 g/mol. The van der Waals surface area contributed by atoms with Gasteiger partial charge in [0.25, 0.3) is 0 Å². The lowest BCUT2D eigenvalue weighted by Gasteiger charge is -1.87. The van der Waals surface area contributed by atoms with Gasteiger partial charge >= 0.3 is 0 Å². The zero-order valence-electron chi connectivity index (χ0n) is 7.02. The number of hydrogen-bond acceptors (Lipinski definition) is 6. The highest BCUT2D eigenvalue weighted by Gasteiger charge is 2.06. The molecule has 2 aromatic rings. The normalized spacial score (nSPS) is 10.5. The zero-order chi connectivity index (χ0) is 9.10. The van der Waals surface area contributed by atoms with E-state index in [1.165, 1.54) is 0 Å². The predicted molar refractivity (Wildman–Crippen MR) is 53.8 cm³/mol. The van der Waals surface area contributed by atoms with E-state index in [1.807, 2.05) is 12.4 Å². The van der Waals surface area contributed by atoms with Crippen molar-refractivity contribution in [2.24, 2.45) is 0 Å². The fourth-order valence-electron chi connectivity index (χ4n) is 0.898. The molecule has 0 spiro atoms. The van der Waals surface area contributed by atoms with Crippen molar-refractivity contribution in [3.63, 3.8) is 0 Å². The lowest BCUT2D eigenvalue weighted by atomic mass is 10.5. The summed E-state index contributed by atoms with van der Waals surface area (Å²) in [6.45, 7) is 0.766. The Morgan fingerprint density at radius 3 is 3.08 bits per heavy atom. The predicted octanol–water partition coefficient (Wildman–Crippen LogP) is 1.38. The molecule has 0 aromatic carbocycles. The van der Waals surface area contributed by atoms with Crippen LogP contribution in [0.1, 0.15) is 5.01 Å². The third-order valence-electron chi connectivity index (χ3n) is 1.45. The minimum absolute atomic E-state index is 0.766. The molecule has 2 aromatic heterocycles. The van der Waals surface area contributed by atoms with Crippen LogP contribution in [0.15, 0.2) is 10.9 Å². The summed E-state index contributed by atoms with van der Waals surface area (Å²) in [5, 5.41) is 15.0. The summed E-state index contributed by atoms with van der Waals surface area (Å²) in [5.74, 6) is 0. The lowest BCUT2D eigenvalue weighted by Crippen LogP contribution is -2.04. The van der Waals surface area contributed by atoms with E-state index in [4.69, 9.17) is 0 Å². The smallest absolute Gasteiger partial charge is 0.167 e. The summed E-state index contributed by atoms with van der Waals surface area (Å²) in [5.41, 5.74) is 2.72. The molecule has 2 heterocycles. The number of nitrogens with one attached hydrogen (secondary N) is 1. The molecule has 0 bridgehead atoms. The Labute approximate surface area is 83.7 Å². The van der Waals surface area contributed by atoms with E-state index in [9.17, 15) is 0 Å². The van der Waals surface area contributed by atoms with Crippen molar-refractivity contribution < 1.29 is 0 Å². The molecule has 0 saturated carbocycles. The zero-order valence-corrected chi connectivity index (χ0v) is 8.65. The summed E-state index contributed by atoms with van der Waals surface area (Å²) in [4.78, 5) is 4.17. The van der Waals surface area contributed by atoms with E-state index in [-0.39, 0.29) is 0 Å². The lowest BCUT2D eigenvalue weighted by molar-refractivity contribution is 0.794. The van der Waals surface area contributed by atoms with Crippen molar-refractivity contribution in [2.45, 2.75) is 6.54 Å². The fourth-order valence-corrected chi connectivity index (χ4v) is 2.33. The highest BCUT2D eigenvalue weighted by Crippen LogP contribution is 2.22. The molecule has 0 amide bonds. The second-order valence-corrected chi connectivity index (χ2v) is 4.19. The molecule has 1 N–H and O–H groups in total. The Morgan fingerprint density at radius 1 is 1.46 bits per heavy atom. The van der Waals surface area contributed by atoms with Gasteiger partial charge in [0.05, 0.1) is 5.51 Å². The van der Waals surface area contributed by atoms with Crippen LogP contribution in [0.3, 0.4) is 0 Å². The molecule has 4 nitrogen and oxygen atoms in total. The molecule has 0 aliphatic heterocycles.